The van der Waals surface area contributed by atoms with Gasteiger partial charge < -0.3 is 18.0 Å². The Labute approximate surface area is 152 Å². The summed E-state index contributed by atoms with van der Waals surface area (Å²) in [7, 11) is 0.838. The minimum Gasteiger partial charge on any atom is -0.381 e. The van der Waals surface area contributed by atoms with Crippen LogP contribution in [0.2, 0.25) is 6.04 Å². The molecular weight excluding hydrogens is 320 g/mol. The molecule has 0 aliphatic carbocycles. The second-order valence-corrected chi connectivity index (χ2v) is 9.58. The summed E-state index contributed by atoms with van der Waals surface area (Å²) in [6, 6.07) is 0.824. The minimum absolute atomic E-state index is 0.0977. The number of unbranched alkanes of at least 4 members (excludes halogenated alkanes) is 1. The normalized spacial score (nSPS) is 12.8. The molecule has 0 aromatic heterocycles. The zero-order valence-electron chi connectivity index (χ0n) is 17.1. The van der Waals surface area contributed by atoms with Gasteiger partial charge in [0, 0.05) is 33.5 Å². The molecule has 0 amide bonds. The molecule has 24 heavy (non-hydrogen) atoms. The van der Waals surface area contributed by atoms with E-state index in [1.165, 1.54) is 6.42 Å². The molecule has 0 aromatic carbocycles. The summed E-state index contributed by atoms with van der Waals surface area (Å²) in [5.74, 6) is 0. The van der Waals surface area contributed by atoms with Gasteiger partial charge in [0.05, 0.1) is 5.60 Å². The molecule has 0 fully saturated rings. The van der Waals surface area contributed by atoms with E-state index < -0.39 is 8.80 Å². The molecule has 0 rings (SSSR count). The van der Waals surface area contributed by atoms with Crippen molar-refractivity contribution in [2.75, 3.05) is 27.4 Å². The third-order valence-electron chi connectivity index (χ3n) is 4.52. The van der Waals surface area contributed by atoms with Gasteiger partial charge in [-0.2, -0.15) is 0 Å². The second-order valence-electron chi connectivity index (χ2n) is 6.70. The summed E-state index contributed by atoms with van der Waals surface area (Å²) in [6.45, 7) is 10.5. The van der Waals surface area contributed by atoms with Crippen LogP contribution in [0.1, 0.15) is 85.5 Å². The van der Waals surface area contributed by atoms with Crippen LogP contribution in [0.25, 0.3) is 0 Å². The van der Waals surface area contributed by atoms with Gasteiger partial charge in [-0.25, -0.2) is 0 Å². The van der Waals surface area contributed by atoms with Gasteiger partial charge in [-0.3, -0.25) is 0 Å². The summed E-state index contributed by atoms with van der Waals surface area (Å²) < 4.78 is 24.1. The zero-order valence-corrected chi connectivity index (χ0v) is 18.1. The van der Waals surface area contributed by atoms with Gasteiger partial charge in [-0.05, 0) is 32.1 Å². The zero-order chi connectivity index (χ0) is 18.3. The van der Waals surface area contributed by atoms with Crippen LogP contribution in [-0.2, 0) is 18.0 Å². The Morgan fingerprint density at radius 3 is 1.62 bits per heavy atom. The lowest BCUT2D eigenvalue weighted by Crippen LogP contribution is -2.52. The molecule has 0 N–H and O–H groups in total. The molecular formula is C19H42O4Si. The lowest BCUT2D eigenvalue weighted by molar-refractivity contribution is -0.0366. The van der Waals surface area contributed by atoms with Crippen molar-refractivity contribution in [3.8, 4) is 0 Å². The van der Waals surface area contributed by atoms with Crippen LogP contribution in [0, 0.1) is 0 Å². The van der Waals surface area contributed by atoms with Crippen molar-refractivity contribution < 1.29 is 18.0 Å². The maximum atomic E-state index is 6.71. The standard InChI is InChI=1S/C19H42O4Si/c1-7-11-16-22-17-12-18-24(20-5,21-6)23-19(13-8-2,14-9-3)15-10-4/h7-18H2,1-6H3. The van der Waals surface area contributed by atoms with Crippen LogP contribution in [-0.4, -0.2) is 41.8 Å². The molecule has 146 valence electrons. The van der Waals surface area contributed by atoms with E-state index in [1.807, 2.05) is 0 Å². The molecule has 0 saturated heterocycles. The molecule has 0 radical (unpaired) electrons. The van der Waals surface area contributed by atoms with Crippen molar-refractivity contribution in [1.82, 2.24) is 0 Å². The number of hydrogen-bond donors (Lipinski definition) is 0. The van der Waals surface area contributed by atoms with Gasteiger partial charge in [-0.1, -0.05) is 53.4 Å². The molecule has 5 heteroatoms. The quantitative estimate of drug-likeness (QED) is 0.250. The highest BCUT2D eigenvalue weighted by Gasteiger charge is 2.46. The summed E-state index contributed by atoms with van der Waals surface area (Å²) in [4.78, 5) is 0. The molecule has 0 saturated carbocycles. The van der Waals surface area contributed by atoms with E-state index in [0.717, 1.165) is 70.6 Å². The largest absolute Gasteiger partial charge is 0.500 e. The second kappa shape index (κ2) is 14.2. The fourth-order valence-corrected chi connectivity index (χ4v) is 5.77. The van der Waals surface area contributed by atoms with Gasteiger partial charge in [0.25, 0.3) is 0 Å². The first-order valence-corrected chi connectivity index (χ1v) is 11.9. The maximum Gasteiger partial charge on any atom is 0.500 e. The van der Waals surface area contributed by atoms with E-state index >= 15 is 0 Å². The van der Waals surface area contributed by atoms with E-state index in [2.05, 4.69) is 27.7 Å². The van der Waals surface area contributed by atoms with Gasteiger partial charge >= 0.3 is 8.80 Å². The van der Waals surface area contributed by atoms with Crippen LogP contribution in [0.4, 0.5) is 0 Å². The molecule has 0 unspecified atom stereocenters. The number of ether oxygens (including phenoxy) is 1. The van der Waals surface area contributed by atoms with Gasteiger partial charge in [-0.15, -0.1) is 0 Å². The van der Waals surface area contributed by atoms with Crippen molar-refractivity contribution in [2.24, 2.45) is 0 Å². The highest BCUT2D eigenvalue weighted by molar-refractivity contribution is 6.60. The Hall–Kier alpha value is 0.0569. The van der Waals surface area contributed by atoms with E-state index in [-0.39, 0.29) is 5.60 Å². The Morgan fingerprint density at radius 1 is 0.708 bits per heavy atom. The lowest BCUT2D eigenvalue weighted by Gasteiger charge is -2.41. The summed E-state index contributed by atoms with van der Waals surface area (Å²) in [5, 5.41) is 0. The Kier molecular flexibility index (Phi) is 14.3. The summed E-state index contributed by atoms with van der Waals surface area (Å²) >= 11 is 0. The van der Waals surface area contributed by atoms with Crippen molar-refractivity contribution >= 4 is 8.80 Å². The van der Waals surface area contributed by atoms with Crippen molar-refractivity contribution in [1.29, 1.82) is 0 Å². The number of hydrogen-bond acceptors (Lipinski definition) is 4. The Bertz CT molecular complexity index is 266. The summed E-state index contributed by atoms with van der Waals surface area (Å²) in [6.07, 6.45) is 9.81. The van der Waals surface area contributed by atoms with Crippen molar-refractivity contribution in [3.63, 3.8) is 0 Å². The van der Waals surface area contributed by atoms with Crippen LogP contribution in [0.3, 0.4) is 0 Å². The van der Waals surface area contributed by atoms with Gasteiger partial charge in [0.2, 0.25) is 0 Å². The Morgan fingerprint density at radius 2 is 1.21 bits per heavy atom. The molecule has 0 atom stereocenters. The van der Waals surface area contributed by atoms with Gasteiger partial charge in [0.15, 0.2) is 0 Å². The van der Waals surface area contributed by atoms with Crippen LogP contribution >= 0.6 is 0 Å². The predicted octanol–water partition coefficient (Wildman–Crippen LogP) is 5.58. The van der Waals surface area contributed by atoms with E-state index in [0.29, 0.717) is 0 Å². The van der Waals surface area contributed by atoms with Crippen LogP contribution in [0.5, 0.6) is 0 Å². The fraction of sp³-hybridized carbons (Fsp3) is 1.00. The third-order valence-corrected chi connectivity index (χ3v) is 7.48. The first-order chi connectivity index (χ1) is 11.6. The average Bonchev–Trinajstić information content (AvgIpc) is 2.57. The maximum absolute atomic E-state index is 6.71. The molecule has 0 heterocycles. The van der Waals surface area contributed by atoms with Crippen molar-refractivity contribution in [3.05, 3.63) is 0 Å². The highest BCUT2D eigenvalue weighted by Crippen LogP contribution is 2.35. The van der Waals surface area contributed by atoms with E-state index in [4.69, 9.17) is 18.0 Å². The average molecular weight is 363 g/mol. The van der Waals surface area contributed by atoms with Crippen LogP contribution < -0.4 is 0 Å². The molecule has 0 aromatic rings. The first kappa shape index (κ1) is 24.1. The van der Waals surface area contributed by atoms with Crippen LogP contribution in [0.15, 0.2) is 0 Å². The first-order valence-electron chi connectivity index (χ1n) is 9.95. The molecule has 0 spiro atoms. The lowest BCUT2D eigenvalue weighted by atomic mass is 9.88. The molecule has 0 aliphatic heterocycles. The van der Waals surface area contributed by atoms with Gasteiger partial charge in [0.1, 0.15) is 0 Å². The number of rotatable bonds is 17. The van der Waals surface area contributed by atoms with E-state index in [9.17, 15) is 0 Å². The Balaban J connectivity index is 4.82. The highest BCUT2D eigenvalue weighted by atomic mass is 28.4. The molecule has 0 bridgehead atoms. The van der Waals surface area contributed by atoms with E-state index in [1.54, 1.807) is 14.2 Å². The fourth-order valence-electron chi connectivity index (χ4n) is 3.39. The summed E-state index contributed by atoms with van der Waals surface area (Å²) in [5.41, 5.74) is -0.0977. The monoisotopic (exact) mass is 362 g/mol. The van der Waals surface area contributed by atoms with Crippen molar-refractivity contribution in [2.45, 2.75) is 97.1 Å². The molecule has 0 aliphatic rings. The topological polar surface area (TPSA) is 36.9 Å². The third kappa shape index (κ3) is 8.95. The smallest absolute Gasteiger partial charge is 0.381 e. The SMILES string of the molecule is CCCCOCCC[Si](OC)(OC)OC(CCC)(CCC)CCC. The predicted molar refractivity (Wildman–Crippen MR) is 103 cm³/mol. The minimum atomic E-state index is -2.64. The molecule has 4 nitrogen and oxygen atoms in total.